The molecule has 1 saturated heterocycles. The third kappa shape index (κ3) is 5.02. The third-order valence-electron chi connectivity index (χ3n) is 3.32. The van der Waals surface area contributed by atoms with E-state index in [4.69, 9.17) is 14.4 Å². The fourth-order valence-corrected chi connectivity index (χ4v) is 1.54. The van der Waals surface area contributed by atoms with Crippen LogP contribution in [0.4, 0.5) is 4.79 Å². The second-order valence-corrected chi connectivity index (χ2v) is 5.09. The van der Waals surface area contributed by atoms with E-state index in [1.165, 1.54) is 12.4 Å². The Morgan fingerprint density at radius 2 is 1.62 bits per heavy atom. The van der Waals surface area contributed by atoms with Gasteiger partial charge in [0.25, 0.3) is 0 Å². The van der Waals surface area contributed by atoms with E-state index in [0.29, 0.717) is 5.46 Å². The van der Waals surface area contributed by atoms with Crippen molar-refractivity contribution in [1.29, 1.82) is 0 Å². The van der Waals surface area contributed by atoms with Crippen molar-refractivity contribution >= 4 is 18.7 Å². The molecule has 21 heavy (non-hydrogen) atoms. The van der Waals surface area contributed by atoms with Gasteiger partial charge in [0, 0.05) is 17.9 Å². The van der Waals surface area contributed by atoms with Crippen LogP contribution in [-0.2, 0) is 9.31 Å². The van der Waals surface area contributed by atoms with Crippen LogP contribution < -0.4 is 5.46 Å². The van der Waals surface area contributed by atoms with Crippen LogP contribution in [0.15, 0.2) is 12.4 Å². The van der Waals surface area contributed by atoms with Crippen molar-refractivity contribution in [1.82, 2.24) is 9.78 Å². The Morgan fingerprint density at radius 1 is 1.19 bits per heavy atom. The predicted octanol–water partition coefficient (Wildman–Crippen LogP) is 2.06. The molecule has 6 nitrogen and oxygen atoms in total. The summed E-state index contributed by atoms with van der Waals surface area (Å²) in [5.41, 5.74) is -0.280. The standard InChI is InChI=1S/C10H15BN2O4.3CH3.Ce/c1-9(2)10(3,4)17-11(16-9)7-5-12-13(6-7)8(14)15;;;;/h5-6H,1-4H3,(H,14,15);3*1H3;/q;3*-1;+3. The van der Waals surface area contributed by atoms with Crippen molar-refractivity contribution in [3.05, 3.63) is 34.7 Å². The molecule has 0 saturated carbocycles. The van der Waals surface area contributed by atoms with Gasteiger partial charge in [-0.05, 0) is 27.7 Å². The summed E-state index contributed by atoms with van der Waals surface area (Å²) in [7, 11) is -0.576. The van der Waals surface area contributed by atoms with Crippen molar-refractivity contribution < 1.29 is 61.0 Å². The van der Waals surface area contributed by atoms with Gasteiger partial charge in [0.05, 0.1) is 11.2 Å². The van der Waals surface area contributed by atoms with E-state index in [2.05, 4.69) is 5.10 Å². The van der Waals surface area contributed by atoms with Gasteiger partial charge >= 0.3 is 55.0 Å². The van der Waals surface area contributed by atoms with E-state index < -0.39 is 24.4 Å². The molecule has 0 bridgehead atoms. The summed E-state index contributed by atoms with van der Waals surface area (Å²) in [6.45, 7) is 7.76. The summed E-state index contributed by atoms with van der Waals surface area (Å²) in [5, 5.41) is 12.5. The van der Waals surface area contributed by atoms with Crippen molar-refractivity contribution in [3.63, 3.8) is 0 Å². The molecule has 1 N–H and O–H groups in total. The Hall–Kier alpha value is 0.0416. The maximum Gasteiger partial charge on any atom is 3.00 e. The first kappa shape index (κ1) is 26.0. The van der Waals surface area contributed by atoms with E-state index in [1.54, 1.807) is 0 Å². The van der Waals surface area contributed by atoms with Gasteiger partial charge in [-0.2, -0.15) is 9.78 Å². The molecule has 1 aromatic heterocycles. The minimum Gasteiger partial charge on any atom is -0.463 e. The van der Waals surface area contributed by atoms with Gasteiger partial charge in [0.2, 0.25) is 0 Å². The quantitative estimate of drug-likeness (QED) is 0.553. The molecule has 8 heteroatoms. The Bertz CT molecular complexity index is 447. The molecular formula is C13H24BCeN2O4. The Kier molecular flexibility index (Phi) is 10.7. The van der Waals surface area contributed by atoms with Crippen LogP contribution in [0.5, 0.6) is 0 Å². The van der Waals surface area contributed by atoms with Crippen LogP contribution in [0.1, 0.15) is 27.7 Å². The molecular weight excluding hydrogens is 399 g/mol. The predicted molar refractivity (Wildman–Crippen MR) is 80.6 cm³/mol. The first-order valence-corrected chi connectivity index (χ1v) is 5.36. The zero-order chi connectivity index (χ0) is 12.8. The average Bonchev–Trinajstić information content (AvgIpc) is 2.70. The second-order valence-electron chi connectivity index (χ2n) is 5.09. The molecule has 1 aliphatic rings. The fraction of sp³-hybridized carbons (Fsp3) is 0.462. The molecule has 0 atom stereocenters. The second kappa shape index (κ2) is 8.62. The van der Waals surface area contributed by atoms with Crippen LogP contribution in [-0.4, -0.2) is 39.3 Å². The fourth-order valence-electron chi connectivity index (χ4n) is 1.54. The van der Waals surface area contributed by atoms with Gasteiger partial charge in [-0.25, -0.2) is 4.79 Å². The Labute approximate surface area is 162 Å². The van der Waals surface area contributed by atoms with Gasteiger partial charge in [0.15, 0.2) is 0 Å². The smallest absolute Gasteiger partial charge is 0.463 e. The average molecular weight is 423 g/mol. The molecule has 1 aliphatic heterocycles. The molecule has 2 rings (SSSR count). The van der Waals surface area contributed by atoms with Crippen LogP contribution >= 0.6 is 0 Å². The molecule has 0 aliphatic carbocycles. The number of aromatic nitrogens is 2. The maximum absolute atomic E-state index is 10.7. The topological polar surface area (TPSA) is 73.6 Å². The van der Waals surface area contributed by atoms with Crippen LogP contribution in [0.3, 0.4) is 0 Å². The minimum atomic E-state index is -1.13. The number of hydrogen-bond acceptors (Lipinski definition) is 4. The summed E-state index contributed by atoms with van der Waals surface area (Å²) in [4.78, 5) is 10.7. The zero-order valence-electron chi connectivity index (χ0n) is 13.8. The molecule has 1 aromatic rings. The molecule has 2 heterocycles. The normalized spacial score (nSPS) is 17.6. The summed E-state index contributed by atoms with van der Waals surface area (Å²) in [6, 6.07) is 0. The zero-order valence-corrected chi connectivity index (χ0v) is 16.9. The summed E-state index contributed by atoms with van der Waals surface area (Å²) >= 11 is 0. The van der Waals surface area contributed by atoms with E-state index in [0.717, 1.165) is 4.68 Å². The van der Waals surface area contributed by atoms with Gasteiger partial charge in [-0.15, -0.1) is 0 Å². The molecule has 0 unspecified atom stereocenters. The van der Waals surface area contributed by atoms with E-state index >= 15 is 0 Å². The van der Waals surface area contributed by atoms with Gasteiger partial charge < -0.3 is 36.7 Å². The van der Waals surface area contributed by atoms with Crippen molar-refractivity contribution in [3.8, 4) is 0 Å². The van der Waals surface area contributed by atoms with Crippen LogP contribution in [0.2, 0.25) is 0 Å². The van der Waals surface area contributed by atoms with Gasteiger partial charge in [0.1, 0.15) is 0 Å². The summed E-state index contributed by atoms with van der Waals surface area (Å²) in [5.74, 6) is 0. The van der Waals surface area contributed by atoms with E-state index in [9.17, 15) is 4.79 Å². The Balaban J connectivity index is -0.000000810. The molecule has 0 spiro atoms. The van der Waals surface area contributed by atoms with Gasteiger partial charge in [-0.1, -0.05) is 0 Å². The van der Waals surface area contributed by atoms with E-state index in [1.807, 2.05) is 27.7 Å². The van der Waals surface area contributed by atoms with Crippen LogP contribution in [0.25, 0.3) is 0 Å². The number of carboxylic acid groups (broad SMARTS) is 1. The molecule has 1 radical (unpaired) electrons. The van der Waals surface area contributed by atoms with Crippen molar-refractivity contribution in [2.45, 2.75) is 38.9 Å². The molecule has 0 amide bonds. The number of rotatable bonds is 1. The monoisotopic (exact) mass is 423 g/mol. The third-order valence-corrected chi connectivity index (χ3v) is 3.32. The Morgan fingerprint density at radius 3 is 1.95 bits per heavy atom. The van der Waals surface area contributed by atoms with Gasteiger partial charge in [-0.3, -0.25) is 0 Å². The molecule has 1 fully saturated rings. The largest absolute Gasteiger partial charge is 3.00 e. The molecule has 117 valence electrons. The first-order valence-electron chi connectivity index (χ1n) is 5.36. The number of carbonyl (C=O) groups is 1. The maximum atomic E-state index is 10.7. The number of hydrogen-bond donors (Lipinski definition) is 1. The van der Waals surface area contributed by atoms with E-state index in [-0.39, 0.29) is 64.0 Å². The number of nitrogens with zero attached hydrogens (tertiary/aromatic N) is 2. The molecule has 0 aromatic carbocycles. The SMILES string of the molecule is CC1(C)OB(c2cnn(C(=O)O)c2)OC1(C)C.[CH3-].[CH3-].[CH3-].[Ce+3]. The summed E-state index contributed by atoms with van der Waals surface area (Å²) < 4.78 is 12.4. The van der Waals surface area contributed by atoms with Crippen molar-refractivity contribution in [2.75, 3.05) is 0 Å². The van der Waals surface area contributed by atoms with Crippen LogP contribution in [0, 0.1) is 64.0 Å². The van der Waals surface area contributed by atoms with Crippen molar-refractivity contribution in [2.24, 2.45) is 0 Å². The first-order chi connectivity index (χ1) is 7.73. The summed E-state index contributed by atoms with van der Waals surface area (Å²) in [6.07, 6.45) is 1.70. The minimum absolute atomic E-state index is 0.